The smallest absolute Gasteiger partial charge is 0.128 e. The highest BCUT2D eigenvalue weighted by Gasteiger charge is 1.96. The number of pyridine rings is 1. The number of rotatable bonds is 5. The van der Waals surface area contributed by atoms with Crippen molar-refractivity contribution in [3.05, 3.63) is 40.6 Å². The lowest BCUT2D eigenvalue weighted by Crippen LogP contribution is -2.06. The van der Waals surface area contributed by atoms with Gasteiger partial charge in [-0.2, -0.15) is 11.3 Å². The summed E-state index contributed by atoms with van der Waals surface area (Å²) in [5, 5.41) is 10.6. The molecule has 0 aliphatic carbocycles. The Kier molecular flexibility index (Phi) is 3.77. The van der Waals surface area contributed by atoms with Crippen molar-refractivity contribution in [1.82, 2.24) is 4.98 Å². The fraction of sp³-hybridized carbons (Fsp3) is 0.250. The Morgan fingerprint density at radius 1 is 1.25 bits per heavy atom. The summed E-state index contributed by atoms with van der Waals surface area (Å²) in [4.78, 5) is 4.39. The van der Waals surface area contributed by atoms with Gasteiger partial charge in [0, 0.05) is 13.6 Å². The normalized spacial score (nSPS) is 10.1. The lowest BCUT2D eigenvalue weighted by molar-refractivity contribution is 1.01. The third-order valence-corrected chi connectivity index (χ3v) is 3.04. The number of anilines is 2. The second kappa shape index (κ2) is 5.51. The van der Waals surface area contributed by atoms with Crippen LogP contribution in [0.5, 0.6) is 0 Å². The van der Waals surface area contributed by atoms with E-state index in [1.165, 1.54) is 5.56 Å². The molecule has 2 N–H and O–H groups in total. The van der Waals surface area contributed by atoms with Crippen LogP contribution in [0.1, 0.15) is 5.56 Å². The first kappa shape index (κ1) is 11.0. The summed E-state index contributed by atoms with van der Waals surface area (Å²) in [6.07, 6.45) is 1.04. The van der Waals surface area contributed by atoms with Crippen LogP contribution in [0.3, 0.4) is 0 Å². The van der Waals surface area contributed by atoms with Gasteiger partial charge in [-0.3, -0.25) is 0 Å². The Hall–Kier alpha value is -1.55. The molecule has 0 spiro atoms. The highest BCUT2D eigenvalue weighted by Crippen LogP contribution is 2.10. The predicted octanol–water partition coefficient (Wildman–Crippen LogP) is 2.84. The maximum Gasteiger partial charge on any atom is 0.128 e. The standard InChI is InChI=1S/C12H15N3S/c1-13-11-3-2-4-12(15-11)14-7-5-10-6-8-16-9-10/h2-4,6,8-9H,5,7H2,1H3,(H2,13,14,15). The SMILES string of the molecule is CNc1cccc(NCCc2ccsc2)n1. The van der Waals surface area contributed by atoms with Crippen molar-refractivity contribution in [3.8, 4) is 0 Å². The molecule has 2 aromatic heterocycles. The van der Waals surface area contributed by atoms with Crippen LogP contribution >= 0.6 is 11.3 Å². The molecule has 16 heavy (non-hydrogen) atoms. The second-order valence-corrected chi connectivity index (χ2v) is 4.25. The molecule has 0 atom stereocenters. The van der Waals surface area contributed by atoms with E-state index in [-0.39, 0.29) is 0 Å². The van der Waals surface area contributed by atoms with Crippen LogP contribution in [0.15, 0.2) is 35.0 Å². The first-order chi connectivity index (χ1) is 7.88. The van der Waals surface area contributed by atoms with Crippen LogP contribution in [-0.4, -0.2) is 18.6 Å². The van der Waals surface area contributed by atoms with Crippen molar-refractivity contribution in [3.63, 3.8) is 0 Å². The molecular weight excluding hydrogens is 218 g/mol. The number of nitrogens with zero attached hydrogens (tertiary/aromatic N) is 1. The average Bonchev–Trinajstić information content (AvgIpc) is 2.82. The summed E-state index contributed by atoms with van der Waals surface area (Å²) in [5.74, 6) is 1.81. The van der Waals surface area contributed by atoms with E-state index in [0.717, 1.165) is 24.6 Å². The third kappa shape index (κ3) is 2.97. The largest absolute Gasteiger partial charge is 0.373 e. The quantitative estimate of drug-likeness (QED) is 0.834. The number of aromatic nitrogens is 1. The molecule has 0 radical (unpaired) electrons. The predicted molar refractivity (Wildman–Crippen MR) is 70.3 cm³/mol. The van der Waals surface area contributed by atoms with Crippen molar-refractivity contribution in [2.45, 2.75) is 6.42 Å². The van der Waals surface area contributed by atoms with Crippen LogP contribution in [0, 0.1) is 0 Å². The van der Waals surface area contributed by atoms with Gasteiger partial charge in [0.05, 0.1) is 0 Å². The van der Waals surface area contributed by atoms with Gasteiger partial charge in [-0.05, 0) is 40.9 Å². The zero-order valence-electron chi connectivity index (χ0n) is 9.23. The molecule has 0 aliphatic rings. The molecule has 4 heteroatoms. The van der Waals surface area contributed by atoms with Crippen LogP contribution in [-0.2, 0) is 6.42 Å². The number of hydrogen-bond donors (Lipinski definition) is 2. The monoisotopic (exact) mass is 233 g/mol. The Morgan fingerprint density at radius 3 is 2.88 bits per heavy atom. The molecule has 0 unspecified atom stereocenters. The molecule has 0 fully saturated rings. The van der Waals surface area contributed by atoms with Crippen LogP contribution < -0.4 is 10.6 Å². The van der Waals surface area contributed by atoms with Gasteiger partial charge >= 0.3 is 0 Å². The summed E-state index contributed by atoms with van der Waals surface area (Å²) in [7, 11) is 1.87. The zero-order chi connectivity index (χ0) is 11.2. The van der Waals surface area contributed by atoms with Crippen LogP contribution in [0.4, 0.5) is 11.6 Å². The highest BCUT2D eigenvalue weighted by atomic mass is 32.1. The molecule has 84 valence electrons. The van der Waals surface area contributed by atoms with Gasteiger partial charge in [0.1, 0.15) is 11.6 Å². The third-order valence-electron chi connectivity index (χ3n) is 2.31. The Balaban J connectivity index is 1.85. The van der Waals surface area contributed by atoms with Crippen molar-refractivity contribution in [1.29, 1.82) is 0 Å². The minimum Gasteiger partial charge on any atom is -0.373 e. The van der Waals surface area contributed by atoms with Gasteiger partial charge in [0.25, 0.3) is 0 Å². The Morgan fingerprint density at radius 2 is 2.12 bits per heavy atom. The first-order valence-electron chi connectivity index (χ1n) is 5.28. The Labute approximate surface area is 99.5 Å². The Bertz CT molecular complexity index is 426. The zero-order valence-corrected chi connectivity index (χ0v) is 10.1. The second-order valence-electron chi connectivity index (χ2n) is 3.47. The fourth-order valence-corrected chi connectivity index (χ4v) is 2.15. The summed E-state index contributed by atoms with van der Waals surface area (Å²) in [6, 6.07) is 8.08. The molecule has 2 aromatic rings. The summed E-state index contributed by atoms with van der Waals surface area (Å²) in [6.45, 7) is 0.914. The van der Waals surface area contributed by atoms with Gasteiger partial charge < -0.3 is 10.6 Å². The fourth-order valence-electron chi connectivity index (χ4n) is 1.44. The topological polar surface area (TPSA) is 37.0 Å². The summed E-state index contributed by atoms with van der Waals surface area (Å²) in [5.41, 5.74) is 1.38. The average molecular weight is 233 g/mol. The summed E-state index contributed by atoms with van der Waals surface area (Å²) >= 11 is 1.74. The molecule has 2 heterocycles. The lowest BCUT2D eigenvalue weighted by atomic mass is 10.2. The van der Waals surface area contributed by atoms with E-state index in [9.17, 15) is 0 Å². The molecule has 3 nitrogen and oxygen atoms in total. The molecular formula is C12H15N3S. The number of thiophene rings is 1. The molecule has 0 saturated heterocycles. The first-order valence-corrected chi connectivity index (χ1v) is 6.22. The van der Waals surface area contributed by atoms with E-state index in [1.807, 2.05) is 25.2 Å². The van der Waals surface area contributed by atoms with Crippen molar-refractivity contribution in [2.24, 2.45) is 0 Å². The van der Waals surface area contributed by atoms with E-state index in [1.54, 1.807) is 11.3 Å². The van der Waals surface area contributed by atoms with Crippen LogP contribution in [0.25, 0.3) is 0 Å². The summed E-state index contributed by atoms with van der Waals surface area (Å²) < 4.78 is 0. The van der Waals surface area contributed by atoms with Gasteiger partial charge in [-0.1, -0.05) is 6.07 Å². The molecule has 0 aliphatic heterocycles. The number of hydrogen-bond acceptors (Lipinski definition) is 4. The molecule has 0 aromatic carbocycles. The van der Waals surface area contributed by atoms with Gasteiger partial charge in [-0.15, -0.1) is 0 Å². The minimum absolute atomic E-state index is 0.889. The molecule has 0 saturated carbocycles. The van der Waals surface area contributed by atoms with Crippen LogP contribution in [0.2, 0.25) is 0 Å². The molecule has 0 amide bonds. The van der Waals surface area contributed by atoms with Crippen molar-refractivity contribution in [2.75, 3.05) is 24.2 Å². The van der Waals surface area contributed by atoms with Gasteiger partial charge in [-0.25, -0.2) is 4.98 Å². The number of nitrogens with one attached hydrogen (secondary N) is 2. The lowest BCUT2D eigenvalue weighted by Gasteiger charge is -2.06. The molecule has 0 bridgehead atoms. The minimum atomic E-state index is 0.889. The highest BCUT2D eigenvalue weighted by molar-refractivity contribution is 7.07. The van der Waals surface area contributed by atoms with E-state index in [4.69, 9.17) is 0 Å². The van der Waals surface area contributed by atoms with Gasteiger partial charge in [0.15, 0.2) is 0 Å². The van der Waals surface area contributed by atoms with Crippen molar-refractivity contribution < 1.29 is 0 Å². The van der Waals surface area contributed by atoms with E-state index in [0.29, 0.717) is 0 Å². The maximum atomic E-state index is 4.39. The van der Waals surface area contributed by atoms with Gasteiger partial charge in [0.2, 0.25) is 0 Å². The molecule has 2 rings (SSSR count). The van der Waals surface area contributed by atoms with E-state index in [2.05, 4.69) is 32.4 Å². The van der Waals surface area contributed by atoms with E-state index >= 15 is 0 Å². The van der Waals surface area contributed by atoms with Crippen molar-refractivity contribution >= 4 is 23.0 Å². The van der Waals surface area contributed by atoms with E-state index < -0.39 is 0 Å². The maximum absolute atomic E-state index is 4.39.